The van der Waals surface area contributed by atoms with Gasteiger partial charge in [0, 0.05) is 54.4 Å². The molecule has 2 aliphatic rings. The maximum Gasteiger partial charge on any atom is 0.277 e. The normalized spacial score (nSPS) is 18.5. The minimum atomic E-state index is -0.356. The van der Waals surface area contributed by atoms with E-state index in [9.17, 15) is 9.59 Å². The molecule has 2 aromatic carbocycles. The number of fused-ring (bicyclic) bond motifs is 4. The number of pyridine rings is 1. The summed E-state index contributed by atoms with van der Waals surface area (Å²) in [6.07, 6.45) is 2.74. The number of likely N-dealkylation sites (tertiary alicyclic amines) is 1. The maximum atomic E-state index is 12.4. The zero-order chi connectivity index (χ0) is 27.4. The maximum absolute atomic E-state index is 12.4. The molecule has 1 aromatic heterocycles. The van der Waals surface area contributed by atoms with E-state index in [0.29, 0.717) is 29.2 Å². The number of benzene rings is 2. The molecule has 1 amide bonds. The standard InChI is InChI=1S/C30H33ClN4O4/c1-3-38-28-9-7-21(14-32-33-29(36)19-39-27-10-8-25(31)11-20(27)2)12-24(28)18-34-15-22-13-23(17-34)26-5-4-6-30(37)35(26)16-22/h4-12,14,22-23H,3,13,15-19H2,1-2H3,(H,33,36)/b32-14-/t22-,23+/m1/s1. The first kappa shape index (κ1) is 27.0. The topological polar surface area (TPSA) is 85.2 Å². The molecule has 0 aliphatic carbocycles. The molecule has 1 saturated heterocycles. The first-order chi connectivity index (χ1) is 18.9. The molecule has 0 spiro atoms. The van der Waals surface area contributed by atoms with Crippen molar-refractivity contribution in [2.45, 2.75) is 39.3 Å². The highest BCUT2D eigenvalue weighted by Crippen LogP contribution is 2.36. The zero-order valence-electron chi connectivity index (χ0n) is 22.2. The van der Waals surface area contributed by atoms with Gasteiger partial charge in [-0.3, -0.25) is 14.5 Å². The lowest BCUT2D eigenvalue weighted by atomic mass is 9.83. The third kappa shape index (κ3) is 6.52. The van der Waals surface area contributed by atoms with Crippen LogP contribution in [0.25, 0.3) is 0 Å². The highest BCUT2D eigenvalue weighted by molar-refractivity contribution is 6.30. The van der Waals surface area contributed by atoms with Crippen molar-refractivity contribution in [2.75, 3.05) is 26.3 Å². The van der Waals surface area contributed by atoms with Crippen LogP contribution in [0.3, 0.4) is 0 Å². The Hall–Kier alpha value is -3.62. The lowest BCUT2D eigenvalue weighted by Crippen LogP contribution is -2.46. The summed E-state index contributed by atoms with van der Waals surface area (Å²) in [5.41, 5.74) is 6.54. The predicted molar refractivity (Wildman–Crippen MR) is 152 cm³/mol. The molecule has 39 heavy (non-hydrogen) atoms. The summed E-state index contributed by atoms with van der Waals surface area (Å²) in [6.45, 7) is 7.61. The van der Waals surface area contributed by atoms with Crippen molar-refractivity contribution < 1.29 is 14.3 Å². The Bertz CT molecular complexity index is 1440. The first-order valence-corrected chi connectivity index (χ1v) is 13.7. The van der Waals surface area contributed by atoms with Crippen LogP contribution >= 0.6 is 11.6 Å². The van der Waals surface area contributed by atoms with Crippen molar-refractivity contribution in [2.24, 2.45) is 11.0 Å². The minimum absolute atomic E-state index is 0.0972. The second kappa shape index (κ2) is 12.1. The van der Waals surface area contributed by atoms with E-state index < -0.39 is 0 Å². The number of rotatable bonds is 9. The monoisotopic (exact) mass is 548 g/mol. The molecular formula is C30H33ClN4O4. The minimum Gasteiger partial charge on any atom is -0.494 e. The number of nitrogens with one attached hydrogen (secondary N) is 1. The number of carbonyl (C=O) groups excluding carboxylic acids is 1. The lowest BCUT2D eigenvalue weighted by Gasteiger charge is -2.43. The average Bonchev–Trinajstić information content (AvgIpc) is 2.90. The van der Waals surface area contributed by atoms with Gasteiger partial charge in [0.1, 0.15) is 11.5 Å². The van der Waals surface area contributed by atoms with Crippen LogP contribution in [0.15, 0.2) is 64.5 Å². The number of nitrogens with zero attached hydrogens (tertiary/aromatic N) is 3. The Balaban J connectivity index is 1.22. The number of aromatic nitrogens is 1. The highest BCUT2D eigenvalue weighted by atomic mass is 35.5. The van der Waals surface area contributed by atoms with E-state index in [1.807, 2.05) is 36.6 Å². The summed E-state index contributed by atoms with van der Waals surface area (Å²) < 4.78 is 13.5. The molecule has 2 atom stereocenters. The second-order valence-corrected chi connectivity index (χ2v) is 10.6. The van der Waals surface area contributed by atoms with Crippen LogP contribution in [0.4, 0.5) is 0 Å². The van der Waals surface area contributed by atoms with Crippen molar-refractivity contribution >= 4 is 23.7 Å². The van der Waals surface area contributed by atoms with Gasteiger partial charge >= 0.3 is 0 Å². The van der Waals surface area contributed by atoms with Crippen molar-refractivity contribution in [1.82, 2.24) is 14.9 Å². The van der Waals surface area contributed by atoms with E-state index in [-0.39, 0.29) is 18.1 Å². The summed E-state index contributed by atoms with van der Waals surface area (Å²) >= 11 is 5.97. The second-order valence-electron chi connectivity index (χ2n) is 10.2. The van der Waals surface area contributed by atoms with Crippen molar-refractivity contribution in [3.63, 3.8) is 0 Å². The van der Waals surface area contributed by atoms with Gasteiger partial charge in [-0.25, -0.2) is 5.43 Å². The fourth-order valence-corrected chi connectivity index (χ4v) is 5.82. The highest BCUT2D eigenvalue weighted by Gasteiger charge is 2.34. The average molecular weight is 549 g/mol. The van der Waals surface area contributed by atoms with Gasteiger partial charge in [-0.1, -0.05) is 17.7 Å². The first-order valence-electron chi connectivity index (χ1n) is 13.3. The number of hydrazone groups is 1. The molecule has 0 saturated carbocycles. The van der Waals surface area contributed by atoms with Crippen LogP contribution in [0, 0.1) is 12.8 Å². The van der Waals surface area contributed by atoms with E-state index in [2.05, 4.69) is 27.6 Å². The molecule has 8 nitrogen and oxygen atoms in total. The van der Waals surface area contributed by atoms with Gasteiger partial charge < -0.3 is 14.0 Å². The quantitative estimate of drug-likeness (QED) is 0.317. The van der Waals surface area contributed by atoms with Gasteiger partial charge in [0.2, 0.25) is 0 Å². The third-order valence-corrected chi connectivity index (χ3v) is 7.47. The fraction of sp³-hybridized carbons (Fsp3) is 0.367. The third-order valence-electron chi connectivity index (χ3n) is 7.23. The number of halogens is 1. The SMILES string of the molecule is CCOc1ccc(/C=N\NC(=O)COc2ccc(Cl)cc2C)cc1CN1C[C@H]2C[C@@H](C1)c1cccc(=O)n1C2. The summed E-state index contributed by atoms with van der Waals surface area (Å²) in [5.74, 6) is 1.89. The number of ether oxygens (including phenoxy) is 2. The number of aryl methyl sites for hydroxylation is 1. The van der Waals surface area contributed by atoms with Crippen LogP contribution in [0.5, 0.6) is 11.5 Å². The zero-order valence-corrected chi connectivity index (χ0v) is 23.0. The number of hydrogen-bond acceptors (Lipinski definition) is 6. The molecule has 3 aromatic rings. The smallest absolute Gasteiger partial charge is 0.277 e. The van der Waals surface area contributed by atoms with Crippen LogP contribution < -0.4 is 20.5 Å². The van der Waals surface area contributed by atoms with Gasteiger partial charge in [0.05, 0.1) is 12.8 Å². The molecule has 1 N–H and O–H groups in total. The Kier molecular flexibility index (Phi) is 8.33. The summed E-state index contributed by atoms with van der Waals surface area (Å²) in [4.78, 5) is 27.0. The van der Waals surface area contributed by atoms with Gasteiger partial charge in [-0.2, -0.15) is 5.10 Å². The largest absolute Gasteiger partial charge is 0.494 e. The van der Waals surface area contributed by atoms with Crippen LogP contribution in [-0.2, 0) is 17.9 Å². The Morgan fingerprint density at radius 3 is 2.77 bits per heavy atom. The molecule has 204 valence electrons. The molecule has 1 fully saturated rings. The molecule has 2 aliphatic heterocycles. The van der Waals surface area contributed by atoms with Gasteiger partial charge in [-0.05, 0) is 79.8 Å². The predicted octanol–water partition coefficient (Wildman–Crippen LogP) is 4.36. The number of amides is 1. The lowest BCUT2D eigenvalue weighted by molar-refractivity contribution is -0.123. The summed E-state index contributed by atoms with van der Waals surface area (Å²) in [5, 5.41) is 4.74. The van der Waals surface area contributed by atoms with Crippen molar-refractivity contribution in [1.29, 1.82) is 0 Å². The van der Waals surface area contributed by atoms with Crippen molar-refractivity contribution in [3.8, 4) is 11.5 Å². The van der Waals surface area contributed by atoms with Gasteiger partial charge in [0.15, 0.2) is 6.61 Å². The van der Waals surface area contributed by atoms with Crippen LogP contribution in [0.1, 0.15) is 41.6 Å². The summed E-state index contributed by atoms with van der Waals surface area (Å²) in [7, 11) is 0. The van der Waals surface area contributed by atoms with Gasteiger partial charge in [-0.15, -0.1) is 0 Å². The van der Waals surface area contributed by atoms with E-state index in [0.717, 1.165) is 60.7 Å². The number of hydrogen-bond donors (Lipinski definition) is 1. The molecule has 3 heterocycles. The molecule has 2 bridgehead atoms. The molecule has 0 unspecified atom stereocenters. The molecule has 0 radical (unpaired) electrons. The van der Waals surface area contributed by atoms with Crippen LogP contribution in [-0.4, -0.2) is 47.9 Å². The van der Waals surface area contributed by atoms with Crippen molar-refractivity contribution in [3.05, 3.63) is 92.4 Å². The van der Waals surface area contributed by atoms with E-state index >= 15 is 0 Å². The molecule has 9 heteroatoms. The number of carbonyl (C=O) groups is 1. The molecular weight excluding hydrogens is 516 g/mol. The van der Waals surface area contributed by atoms with E-state index in [1.165, 1.54) is 0 Å². The Morgan fingerprint density at radius 2 is 1.95 bits per heavy atom. The Morgan fingerprint density at radius 1 is 1.10 bits per heavy atom. The van der Waals surface area contributed by atoms with E-state index in [1.54, 1.807) is 30.5 Å². The van der Waals surface area contributed by atoms with Gasteiger partial charge in [0.25, 0.3) is 11.5 Å². The van der Waals surface area contributed by atoms with E-state index in [4.69, 9.17) is 21.1 Å². The molecule has 5 rings (SSSR count). The number of piperidine rings is 1. The summed E-state index contributed by atoms with van der Waals surface area (Å²) in [6, 6.07) is 16.8. The Labute approximate surface area is 233 Å². The van der Waals surface area contributed by atoms with Crippen LogP contribution in [0.2, 0.25) is 5.02 Å². The fourth-order valence-electron chi connectivity index (χ4n) is 5.59.